The van der Waals surface area contributed by atoms with Crippen LogP contribution in [0.3, 0.4) is 0 Å². The van der Waals surface area contributed by atoms with E-state index in [1.54, 1.807) is 13.1 Å². The largest absolute Gasteiger partial charge is 0.462 e. The minimum Gasteiger partial charge on any atom is -0.462 e. The van der Waals surface area contributed by atoms with Crippen molar-refractivity contribution in [2.24, 2.45) is 0 Å². The minimum atomic E-state index is -0.429. The van der Waals surface area contributed by atoms with Gasteiger partial charge in [0.15, 0.2) is 5.78 Å². The van der Waals surface area contributed by atoms with Crippen molar-refractivity contribution in [2.45, 2.75) is 13.3 Å². The van der Waals surface area contributed by atoms with Crippen molar-refractivity contribution in [2.75, 3.05) is 19.7 Å². The Bertz CT molecular complexity index is 1100. The Kier molecular flexibility index (Phi) is 5.16. The van der Waals surface area contributed by atoms with E-state index in [0.29, 0.717) is 24.1 Å². The molecule has 0 saturated heterocycles. The van der Waals surface area contributed by atoms with E-state index >= 15 is 0 Å². The number of rotatable bonds is 5. The van der Waals surface area contributed by atoms with Gasteiger partial charge >= 0.3 is 5.97 Å². The second-order valence-corrected chi connectivity index (χ2v) is 6.94. The molecule has 1 N–H and O–H groups in total. The van der Waals surface area contributed by atoms with E-state index in [1.165, 1.54) is 24.3 Å². The molecule has 6 heteroatoms. The number of carbonyl (C=O) groups excluding carboxylic acids is 2. The van der Waals surface area contributed by atoms with Crippen LogP contribution in [0, 0.1) is 5.82 Å². The molecule has 1 aliphatic heterocycles. The number of fused-ring (bicyclic) bond motifs is 3. The predicted molar refractivity (Wildman–Crippen MR) is 109 cm³/mol. The number of carbonyl (C=O) groups is 2. The van der Waals surface area contributed by atoms with E-state index in [4.69, 9.17) is 4.74 Å². The highest BCUT2D eigenvalue weighted by atomic mass is 19.1. The second kappa shape index (κ2) is 7.91. The molecule has 0 saturated carbocycles. The monoisotopic (exact) mass is 392 g/mol. The minimum absolute atomic E-state index is 0.0940. The van der Waals surface area contributed by atoms with Gasteiger partial charge in [0, 0.05) is 29.2 Å². The number of aromatic amines is 1. The molecule has 0 aliphatic carbocycles. The van der Waals surface area contributed by atoms with Gasteiger partial charge in [-0.2, -0.15) is 0 Å². The molecule has 148 valence electrons. The average Bonchev–Trinajstić information content (AvgIpc) is 2.99. The fraction of sp³-hybridized carbons (Fsp3) is 0.217. The number of ether oxygens (including phenoxy) is 1. The maximum atomic E-state index is 13.1. The SMILES string of the molecule is CCOC(=O)C1=CN(CC(=O)c2ccc(F)cc2)CCc2c1[nH]c1ccccc21. The Labute approximate surface area is 167 Å². The number of nitrogens with zero attached hydrogens (tertiary/aromatic N) is 1. The maximum Gasteiger partial charge on any atom is 0.341 e. The molecule has 4 rings (SSSR count). The van der Waals surface area contributed by atoms with Crippen LogP contribution < -0.4 is 0 Å². The normalized spacial score (nSPS) is 13.6. The number of Topliss-reactive ketones (excluding diaryl/α,β-unsaturated/α-hetero) is 1. The third-order valence-electron chi connectivity index (χ3n) is 5.05. The molecule has 0 radical (unpaired) electrons. The van der Waals surface area contributed by atoms with Crippen molar-refractivity contribution in [3.8, 4) is 0 Å². The lowest BCUT2D eigenvalue weighted by molar-refractivity contribution is -0.136. The molecule has 0 fully saturated rings. The molecule has 2 aromatic carbocycles. The van der Waals surface area contributed by atoms with Gasteiger partial charge in [-0.1, -0.05) is 18.2 Å². The molecule has 0 atom stereocenters. The third-order valence-corrected chi connectivity index (χ3v) is 5.05. The van der Waals surface area contributed by atoms with Gasteiger partial charge in [-0.05, 0) is 49.2 Å². The fourth-order valence-corrected chi connectivity index (χ4v) is 3.66. The molecule has 1 aliphatic rings. The highest BCUT2D eigenvalue weighted by molar-refractivity contribution is 6.17. The molecule has 0 amide bonds. The van der Waals surface area contributed by atoms with Crippen LogP contribution in [0.2, 0.25) is 0 Å². The maximum absolute atomic E-state index is 13.1. The van der Waals surface area contributed by atoms with E-state index < -0.39 is 5.97 Å². The number of para-hydroxylation sites is 1. The Morgan fingerprint density at radius 2 is 1.90 bits per heavy atom. The summed E-state index contributed by atoms with van der Waals surface area (Å²) >= 11 is 0. The molecule has 0 spiro atoms. The molecular formula is C23H21FN2O3. The van der Waals surface area contributed by atoms with Crippen LogP contribution in [0.15, 0.2) is 54.7 Å². The van der Waals surface area contributed by atoms with Crippen LogP contribution in [0.5, 0.6) is 0 Å². The first-order valence-electron chi connectivity index (χ1n) is 9.58. The molecule has 29 heavy (non-hydrogen) atoms. The lowest BCUT2D eigenvalue weighted by Crippen LogP contribution is -2.27. The van der Waals surface area contributed by atoms with Crippen molar-refractivity contribution in [1.29, 1.82) is 0 Å². The predicted octanol–water partition coefficient (Wildman–Crippen LogP) is 3.95. The zero-order valence-corrected chi connectivity index (χ0v) is 16.1. The van der Waals surface area contributed by atoms with Gasteiger partial charge in [-0.25, -0.2) is 9.18 Å². The van der Waals surface area contributed by atoms with E-state index in [9.17, 15) is 14.0 Å². The summed E-state index contributed by atoms with van der Waals surface area (Å²) in [6, 6.07) is 13.4. The van der Waals surface area contributed by atoms with Crippen molar-refractivity contribution in [1.82, 2.24) is 9.88 Å². The van der Waals surface area contributed by atoms with Gasteiger partial charge < -0.3 is 14.6 Å². The Morgan fingerprint density at radius 1 is 1.14 bits per heavy atom. The van der Waals surface area contributed by atoms with Crippen LogP contribution in [0.1, 0.15) is 28.5 Å². The zero-order valence-electron chi connectivity index (χ0n) is 16.1. The number of ketones is 1. The van der Waals surface area contributed by atoms with E-state index in [1.807, 2.05) is 29.2 Å². The summed E-state index contributed by atoms with van der Waals surface area (Å²) < 4.78 is 18.4. The number of esters is 1. The number of halogens is 1. The van der Waals surface area contributed by atoms with Crippen molar-refractivity contribution >= 4 is 28.2 Å². The Hall–Kier alpha value is -3.41. The molecule has 0 unspecified atom stereocenters. The first kappa shape index (κ1) is 18.9. The molecule has 3 aromatic rings. The average molecular weight is 392 g/mol. The van der Waals surface area contributed by atoms with Crippen LogP contribution in [0.4, 0.5) is 4.39 Å². The van der Waals surface area contributed by atoms with Gasteiger partial charge in [-0.15, -0.1) is 0 Å². The third kappa shape index (κ3) is 3.78. The molecule has 1 aromatic heterocycles. The Balaban J connectivity index is 1.68. The van der Waals surface area contributed by atoms with E-state index in [2.05, 4.69) is 4.98 Å². The quantitative estimate of drug-likeness (QED) is 0.528. The topological polar surface area (TPSA) is 62.4 Å². The number of H-pyrrole nitrogens is 1. The van der Waals surface area contributed by atoms with Crippen LogP contribution in [0.25, 0.3) is 16.5 Å². The van der Waals surface area contributed by atoms with Crippen LogP contribution in [-0.4, -0.2) is 41.3 Å². The van der Waals surface area contributed by atoms with Crippen molar-refractivity contribution in [3.63, 3.8) is 0 Å². The number of hydrogen-bond acceptors (Lipinski definition) is 4. The summed E-state index contributed by atoms with van der Waals surface area (Å²) in [6.45, 7) is 2.69. The Morgan fingerprint density at radius 3 is 2.66 bits per heavy atom. The molecule has 2 heterocycles. The number of aromatic nitrogens is 1. The summed E-state index contributed by atoms with van der Waals surface area (Å²) in [7, 11) is 0. The zero-order chi connectivity index (χ0) is 20.4. The number of benzene rings is 2. The first-order chi connectivity index (χ1) is 14.1. The highest BCUT2D eigenvalue weighted by Crippen LogP contribution is 2.31. The first-order valence-corrected chi connectivity index (χ1v) is 9.58. The van der Waals surface area contributed by atoms with Crippen LogP contribution in [-0.2, 0) is 16.0 Å². The standard InChI is InChI=1S/C23H21FN2O3/c1-2-29-23(28)19-13-26(14-21(27)15-7-9-16(24)10-8-15)12-11-18-17-5-3-4-6-20(17)25-22(18)19/h3-10,13,25H,2,11-12,14H2,1H3. The number of nitrogens with one attached hydrogen (secondary N) is 1. The van der Waals surface area contributed by atoms with Crippen molar-refractivity contribution in [3.05, 3.63) is 77.4 Å². The number of hydrogen-bond donors (Lipinski definition) is 1. The van der Waals surface area contributed by atoms with Gasteiger partial charge in [0.2, 0.25) is 0 Å². The summed E-state index contributed by atoms with van der Waals surface area (Å²) in [5.74, 6) is -0.951. The highest BCUT2D eigenvalue weighted by Gasteiger charge is 2.26. The van der Waals surface area contributed by atoms with Gasteiger partial charge in [-0.3, -0.25) is 4.79 Å². The lowest BCUT2D eigenvalue weighted by Gasteiger charge is -2.19. The summed E-state index contributed by atoms with van der Waals surface area (Å²) in [6.07, 6.45) is 2.37. The van der Waals surface area contributed by atoms with Crippen molar-refractivity contribution < 1.29 is 18.7 Å². The van der Waals surface area contributed by atoms with E-state index in [0.717, 1.165) is 22.2 Å². The fourth-order valence-electron chi connectivity index (χ4n) is 3.66. The van der Waals surface area contributed by atoms with Gasteiger partial charge in [0.25, 0.3) is 0 Å². The summed E-state index contributed by atoms with van der Waals surface area (Å²) in [5, 5.41) is 1.06. The summed E-state index contributed by atoms with van der Waals surface area (Å²) in [5.41, 5.74) is 3.58. The molecule has 0 bridgehead atoms. The van der Waals surface area contributed by atoms with Gasteiger partial charge in [0.1, 0.15) is 5.82 Å². The smallest absolute Gasteiger partial charge is 0.341 e. The lowest BCUT2D eigenvalue weighted by atomic mass is 10.0. The van der Waals surface area contributed by atoms with E-state index in [-0.39, 0.29) is 24.8 Å². The van der Waals surface area contributed by atoms with Crippen LogP contribution >= 0.6 is 0 Å². The molecular weight excluding hydrogens is 371 g/mol. The van der Waals surface area contributed by atoms with Gasteiger partial charge in [0.05, 0.1) is 24.4 Å². The summed E-state index contributed by atoms with van der Waals surface area (Å²) in [4.78, 5) is 30.5. The second-order valence-electron chi connectivity index (χ2n) is 6.94. The molecule has 5 nitrogen and oxygen atoms in total.